The SMILES string of the molecule is O=C(CNC(=O)c1ccccc1F)Nc1ccc(N2CCOCC2)cc1N1CCOCC1. The van der Waals surface area contributed by atoms with E-state index >= 15 is 0 Å². The molecule has 0 unspecified atom stereocenters. The van der Waals surface area contributed by atoms with E-state index < -0.39 is 11.7 Å². The predicted octanol–water partition coefficient (Wildman–Crippen LogP) is 1.87. The van der Waals surface area contributed by atoms with Crippen molar-refractivity contribution in [2.45, 2.75) is 0 Å². The van der Waals surface area contributed by atoms with Gasteiger partial charge in [-0.15, -0.1) is 0 Å². The zero-order chi connectivity index (χ0) is 22.3. The van der Waals surface area contributed by atoms with Gasteiger partial charge in [0.05, 0.1) is 49.9 Å². The second-order valence-electron chi connectivity index (χ2n) is 7.61. The molecule has 2 aromatic carbocycles. The molecule has 4 rings (SSSR count). The molecule has 0 radical (unpaired) electrons. The van der Waals surface area contributed by atoms with Gasteiger partial charge in [0.2, 0.25) is 5.91 Å². The number of carbonyl (C=O) groups excluding carboxylic acids is 2. The molecule has 0 bridgehead atoms. The van der Waals surface area contributed by atoms with E-state index in [4.69, 9.17) is 9.47 Å². The first kappa shape index (κ1) is 22.0. The van der Waals surface area contributed by atoms with E-state index in [9.17, 15) is 14.0 Å². The number of nitrogens with one attached hydrogen (secondary N) is 2. The Kier molecular flexibility index (Phi) is 7.18. The lowest BCUT2D eigenvalue weighted by molar-refractivity contribution is -0.115. The number of benzene rings is 2. The van der Waals surface area contributed by atoms with Crippen LogP contribution in [0.4, 0.5) is 21.5 Å². The standard InChI is InChI=1S/C23H27FN4O4/c24-19-4-2-1-3-18(19)23(30)25-16-22(29)26-20-6-5-17(27-7-11-31-12-8-27)15-21(20)28-9-13-32-14-10-28/h1-6,15H,7-14,16H2,(H,25,30)(H,26,29). The molecule has 2 aliphatic heterocycles. The summed E-state index contributed by atoms with van der Waals surface area (Å²) in [5.41, 5.74) is 2.55. The first-order valence-electron chi connectivity index (χ1n) is 10.7. The van der Waals surface area contributed by atoms with E-state index in [0.29, 0.717) is 32.1 Å². The van der Waals surface area contributed by atoms with Crippen LogP contribution in [-0.2, 0) is 14.3 Å². The highest BCUT2D eigenvalue weighted by molar-refractivity contribution is 6.01. The number of halogens is 1. The third-order valence-corrected chi connectivity index (χ3v) is 5.51. The molecular weight excluding hydrogens is 415 g/mol. The summed E-state index contributed by atoms with van der Waals surface area (Å²) >= 11 is 0. The second kappa shape index (κ2) is 10.4. The highest BCUT2D eigenvalue weighted by atomic mass is 19.1. The number of morpholine rings is 2. The van der Waals surface area contributed by atoms with Crippen molar-refractivity contribution in [2.75, 3.05) is 74.3 Å². The lowest BCUT2D eigenvalue weighted by atomic mass is 10.1. The van der Waals surface area contributed by atoms with Crippen LogP contribution in [0.5, 0.6) is 0 Å². The molecule has 2 amide bonds. The summed E-state index contributed by atoms with van der Waals surface area (Å²) in [7, 11) is 0. The van der Waals surface area contributed by atoms with Gasteiger partial charge < -0.3 is 29.9 Å². The minimum Gasteiger partial charge on any atom is -0.378 e. The smallest absolute Gasteiger partial charge is 0.254 e. The number of rotatable bonds is 6. The highest BCUT2D eigenvalue weighted by Crippen LogP contribution is 2.32. The topological polar surface area (TPSA) is 83.1 Å². The fourth-order valence-corrected chi connectivity index (χ4v) is 3.81. The normalized spacial score (nSPS) is 16.5. The Morgan fingerprint density at radius 2 is 1.56 bits per heavy atom. The van der Waals surface area contributed by atoms with E-state index in [1.807, 2.05) is 12.1 Å². The Hall–Kier alpha value is -3.17. The van der Waals surface area contributed by atoms with Crippen LogP contribution >= 0.6 is 0 Å². The molecular formula is C23H27FN4O4. The van der Waals surface area contributed by atoms with Gasteiger partial charge in [0.15, 0.2) is 0 Å². The molecule has 2 saturated heterocycles. The average Bonchev–Trinajstić information content (AvgIpc) is 2.84. The van der Waals surface area contributed by atoms with Crippen LogP contribution in [-0.4, -0.2) is 71.0 Å². The Morgan fingerprint density at radius 3 is 2.25 bits per heavy atom. The third-order valence-electron chi connectivity index (χ3n) is 5.51. The van der Waals surface area contributed by atoms with Crippen molar-refractivity contribution in [3.63, 3.8) is 0 Å². The van der Waals surface area contributed by atoms with Crippen LogP contribution in [0.25, 0.3) is 0 Å². The molecule has 170 valence electrons. The van der Waals surface area contributed by atoms with Gasteiger partial charge in [0, 0.05) is 31.9 Å². The van der Waals surface area contributed by atoms with Crippen LogP contribution in [0.15, 0.2) is 42.5 Å². The number of anilines is 3. The van der Waals surface area contributed by atoms with Crippen molar-refractivity contribution in [1.29, 1.82) is 0 Å². The van der Waals surface area contributed by atoms with Crippen molar-refractivity contribution < 1.29 is 23.5 Å². The van der Waals surface area contributed by atoms with E-state index in [2.05, 4.69) is 26.5 Å². The fourth-order valence-electron chi connectivity index (χ4n) is 3.81. The van der Waals surface area contributed by atoms with Gasteiger partial charge in [-0.2, -0.15) is 0 Å². The number of ether oxygens (including phenoxy) is 2. The Labute approximate surface area is 186 Å². The van der Waals surface area contributed by atoms with E-state index in [-0.39, 0.29) is 18.0 Å². The molecule has 2 aliphatic rings. The first-order chi connectivity index (χ1) is 15.6. The molecule has 0 aliphatic carbocycles. The monoisotopic (exact) mass is 442 g/mol. The quantitative estimate of drug-likeness (QED) is 0.711. The van der Waals surface area contributed by atoms with Crippen molar-refractivity contribution in [3.05, 3.63) is 53.8 Å². The molecule has 32 heavy (non-hydrogen) atoms. The van der Waals surface area contributed by atoms with Gasteiger partial charge in [0.25, 0.3) is 5.91 Å². The Balaban J connectivity index is 1.45. The van der Waals surface area contributed by atoms with Crippen LogP contribution in [0, 0.1) is 5.82 Å². The van der Waals surface area contributed by atoms with Gasteiger partial charge in [-0.25, -0.2) is 4.39 Å². The summed E-state index contributed by atoms with van der Waals surface area (Å²) in [6, 6.07) is 11.6. The lowest BCUT2D eigenvalue weighted by Gasteiger charge is -2.33. The maximum Gasteiger partial charge on any atom is 0.254 e. The zero-order valence-electron chi connectivity index (χ0n) is 17.8. The van der Waals surface area contributed by atoms with Crippen molar-refractivity contribution >= 4 is 28.9 Å². The Bertz CT molecular complexity index is 959. The number of hydrogen-bond acceptors (Lipinski definition) is 6. The summed E-state index contributed by atoms with van der Waals surface area (Å²) in [6.45, 7) is 5.43. The zero-order valence-corrected chi connectivity index (χ0v) is 17.8. The first-order valence-corrected chi connectivity index (χ1v) is 10.7. The summed E-state index contributed by atoms with van der Waals surface area (Å²) < 4.78 is 24.7. The largest absolute Gasteiger partial charge is 0.378 e. The van der Waals surface area contributed by atoms with Crippen molar-refractivity contribution in [2.24, 2.45) is 0 Å². The highest BCUT2D eigenvalue weighted by Gasteiger charge is 2.20. The number of nitrogens with zero attached hydrogens (tertiary/aromatic N) is 2. The summed E-state index contributed by atoms with van der Waals surface area (Å²) in [5, 5.41) is 5.36. The molecule has 0 spiro atoms. The number of amides is 2. The molecule has 0 saturated carbocycles. The Morgan fingerprint density at radius 1 is 0.906 bits per heavy atom. The maximum absolute atomic E-state index is 13.8. The third kappa shape index (κ3) is 5.35. The summed E-state index contributed by atoms with van der Waals surface area (Å²) in [6.07, 6.45) is 0. The van der Waals surface area contributed by atoms with Crippen molar-refractivity contribution in [1.82, 2.24) is 5.32 Å². The molecule has 9 heteroatoms. The van der Waals surface area contributed by atoms with Crippen LogP contribution < -0.4 is 20.4 Å². The van der Waals surface area contributed by atoms with E-state index in [0.717, 1.165) is 37.6 Å². The minimum absolute atomic E-state index is 0.0934. The van der Waals surface area contributed by atoms with Crippen LogP contribution in [0.2, 0.25) is 0 Å². The van der Waals surface area contributed by atoms with Crippen LogP contribution in [0.3, 0.4) is 0 Å². The van der Waals surface area contributed by atoms with Gasteiger partial charge in [-0.3, -0.25) is 9.59 Å². The van der Waals surface area contributed by atoms with E-state index in [1.165, 1.54) is 18.2 Å². The average molecular weight is 442 g/mol. The molecule has 2 aromatic rings. The summed E-state index contributed by atoms with van der Waals surface area (Å²) in [5.74, 6) is -1.64. The molecule has 2 N–H and O–H groups in total. The lowest BCUT2D eigenvalue weighted by Crippen LogP contribution is -2.38. The molecule has 2 heterocycles. The fraction of sp³-hybridized carbons (Fsp3) is 0.391. The number of hydrogen-bond donors (Lipinski definition) is 2. The van der Waals surface area contributed by atoms with Gasteiger partial charge in [-0.1, -0.05) is 12.1 Å². The summed E-state index contributed by atoms with van der Waals surface area (Å²) in [4.78, 5) is 29.2. The van der Waals surface area contributed by atoms with Gasteiger partial charge in [-0.05, 0) is 30.3 Å². The maximum atomic E-state index is 13.8. The second-order valence-corrected chi connectivity index (χ2v) is 7.61. The van der Waals surface area contributed by atoms with E-state index in [1.54, 1.807) is 6.07 Å². The predicted molar refractivity (Wildman–Crippen MR) is 120 cm³/mol. The number of carbonyl (C=O) groups is 2. The van der Waals surface area contributed by atoms with Gasteiger partial charge >= 0.3 is 0 Å². The molecule has 0 aromatic heterocycles. The van der Waals surface area contributed by atoms with Crippen LogP contribution in [0.1, 0.15) is 10.4 Å². The molecule has 0 atom stereocenters. The van der Waals surface area contributed by atoms with Crippen molar-refractivity contribution in [3.8, 4) is 0 Å². The molecule has 8 nitrogen and oxygen atoms in total. The minimum atomic E-state index is -0.630. The molecule has 2 fully saturated rings. The van der Waals surface area contributed by atoms with Gasteiger partial charge in [0.1, 0.15) is 5.82 Å².